The lowest BCUT2D eigenvalue weighted by atomic mass is 9.95. The van der Waals surface area contributed by atoms with Crippen LogP contribution in [0.1, 0.15) is 37.7 Å². The molecule has 23 heavy (non-hydrogen) atoms. The molecule has 3 rings (SSSR count). The van der Waals surface area contributed by atoms with E-state index in [2.05, 4.69) is 20.6 Å². The number of anilines is 3. The van der Waals surface area contributed by atoms with Gasteiger partial charge in [0.2, 0.25) is 0 Å². The number of rotatable bonds is 5. The molecule has 1 saturated carbocycles. The van der Waals surface area contributed by atoms with Gasteiger partial charge < -0.3 is 16.4 Å². The Labute approximate surface area is 141 Å². The van der Waals surface area contributed by atoms with E-state index in [9.17, 15) is 0 Å². The van der Waals surface area contributed by atoms with Gasteiger partial charge in [-0.25, -0.2) is 9.97 Å². The molecule has 0 amide bonds. The fourth-order valence-electron chi connectivity index (χ4n) is 2.88. The van der Waals surface area contributed by atoms with Gasteiger partial charge in [0.25, 0.3) is 0 Å². The second-order valence-electron chi connectivity index (χ2n) is 5.94. The summed E-state index contributed by atoms with van der Waals surface area (Å²) in [5.41, 5.74) is 7.91. The predicted octanol–water partition coefficient (Wildman–Crippen LogP) is 4.07. The Balaban J connectivity index is 1.65. The van der Waals surface area contributed by atoms with Crippen LogP contribution in [0.25, 0.3) is 0 Å². The van der Waals surface area contributed by atoms with Crippen molar-refractivity contribution in [2.24, 2.45) is 0 Å². The topological polar surface area (TPSA) is 75.9 Å². The van der Waals surface area contributed by atoms with E-state index in [1.165, 1.54) is 32.1 Å². The van der Waals surface area contributed by atoms with E-state index in [4.69, 9.17) is 17.3 Å². The van der Waals surface area contributed by atoms with Gasteiger partial charge in [-0.1, -0.05) is 43.0 Å². The number of nitrogen functional groups attached to an aromatic ring is 1. The van der Waals surface area contributed by atoms with E-state index in [1.807, 2.05) is 24.3 Å². The molecule has 0 spiro atoms. The second-order valence-corrected chi connectivity index (χ2v) is 6.38. The lowest BCUT2D eigenvalue weighted by Crippen LogP contribution is -2.23. The van der Waals surface area contributed by atoms with Crippen molar-refractivity contribution in [3.05, 3.63) is 41.2 Å². The molecule has 1 fully saturated rings. The normalized spacial score (nSPS) is 15.3. The average Bonchev–Trinajstić information content (AvgIpc) is 2.58. The van der Waals surface area contributed by atoms with Gasteiger partial charge in [0, 0.05) is 17.6 Å². The summed E-state index contributed by atoms with van der Waals surface area (Å²) in [5.74, 6) is 1.39. The summed E-state index contributed by atoms with van der Waals surface area (Å²) in [4.78, 5) is 8.55. The zero-order chi connectivity index (χ0) is 16.1. The molecule has 0 unspecified atom stereocenters. The quantitative estimate of drug-likeness (QED) is 0.770. The monoisotopic (exact) mass is 331 g/mol. The minimum absolute atomic E-state index is 0.463. The van der Waals surface area contributed by atoms with Gasteiger partial charge >= 0.3 is 0 Å². The summed E-state index contributed by atoms with van der Waals surface area (Å²) in [6, 6.07) is 8.17. The molecule has 1 heterocycles. The number of hydrogen-bond acceptors (Lipinski definition) is 5. The van der Waals surface area contributed by atoms with Crippen LogP contribution in [0, 0.1) is 0 Å². The van der Waals surface area contributed by atoms with Crippen LogP contribution >= 0.6 is 11.6 Å². The zero-order valence-electron chi connectivity index (χ0n) is 13.1. The summed E-state index contributed by atoms with van der Waals surface area (Å²) in [6.07, 6.45) is 7.76. The smallest absolute Gasteiger partial charge is 0.155 e. The first kappa shape index (κ1) is 15.9. The van der Waals surface area contributed by atoms with E-state index >= 15 is 0 Å². The highest BCUT2D eigenvalue weighted by atomic mass is 35.5. The van der Waals surface area contributed by atoms with E-state index in [0.29, 0.717) is 24.1 Å². The number of nitrogens with zero attached hydrogens (tertiary/aromatic N) is 2. The minimum Gasteiger partial charge on any atom is -0.393 e. The summed E-state index contributed by atoms with van der Waals surface area (Å²) in [6.45, 7) is 0.640. The maximum absolute atomic E-state index is 6.22. The number of benzene rings is 1. The van der Waals surface area contributed by atoms with Crippen LogP contribution in [-0.4, -0.2) is 16.0 Å². The van der Waals surface area contributed by atoms with Crippen molar-refractivity contribution >= 4 is 28.9 Å². The number of nitrogens with two attached hydrogens (primary N) is 1. The first-order valence-electron chi connectivity index (χ1n) is 8.07. The highest BCUT2D eigenvalue weighted by Gasteiger charge is 2.16. The van der Waals surface area contributed by atoms with Crippen LogP contribution in [-0.2, 0) is 6.54 Å². The average molecular weight is 332 g/mol. The standard InChI is InChI=1S/C17H22ClN5/c18-13-8-6-12(7-9-13)10-20-16-15(19)17(22-11-21-16)23-14-4-2-1-3-5-14/h6-9,11,14H,1-5,10,19H2,(H2,20,21,22,23). The highest BCUT2D eigenvalue weighted by Crippen LogP contribution is 2.27. The SMILES string of the molecule is Nc1c(NCc2ccc(Cl)cc2)ncnc1NC1CCCCC1. The summed E-state index contributed by atoms with van der Waals surface area (Å²) in [7, 11) is 0. The van der Waals surface area contributed by atoms with Crippen molar-refractivity contribution in [1.29, 1.82) is 0 Å². The van der Waals surface area contributed by atoms with Gasteiger partial charge in [0.1, 0.15) is 12.0 Å². The van der Waals surface area contributed by atoms with Crippen LogP contribution in [0.4, 0.5) is 17.3 Å². The third kappa shape index (κ3) is 4.26. The van der Waals surface area contributed by atoms with Crippen molar-refractivity contribution in [2.45, 2.75) is 44.7 Å². The Morgan fingerprint density at radius 1 is 1.04 bits per heavy atom. The lowest BCUT2D eigenvalue weighted by Gasteiger charge is -2.24. The van der Waals surface area contributed by atoms with Crippen LogP contribution in [0.2, 0.25) is 5.02 Å². The van der Waals surface area contributed by atoms with Crippen molar-refractivity contribution in [2.75, 3.05) is 16.4 Å². The Bertz CT molecular complexity index is 638. The highest BCUT2D eigenvalue weighted by molar-refractivity contribution is 6.30. The maximum Gasteiger partial charge on any atom is 0.155 e. The molecular weight excluding hydrogens is 310 g/mol. The summed E-state index contributed by atoms with van der Waals surface area (Å²) in [5, 5.41) is 7.46. The molecule has 1 aromatic carbocycles. The molecule has 1 aliphatic rings. The molecule has 6 heteroatoms. The zero-order valence-corrected chi connectivity index (χ0v) is 13.8. The van der Waals surface area contributed by atoms with E-state index < -0.39 is 0 Å². The number of aromatic nitrogens is 2. The van der Waals surface area contributed by atoms with Gasteiger partial charge in [-0.3, -0.25) is 0 Å². The van der Waals surface area contributed by atoms with Crippen LogP contribution in [0.3, 0.4) is 0 Å². The molecule has 0 atom stereocenters. The van der Waals surface area contributed by atoms with Gasteiger partial charge in [-0.2, -0.15) is 0 Å². The van der Waals surface area contributed by atoms with Crippen LogP contribution in [0.5, 0.6) is 0 Å². The number of halogens is 1. The Morgan fingerprint density at radius 2 is 1.74 bits per heavy atom. The van der Waals surface area contributed by atoms with Gasteiger partial charge in [0.15, 0.2) is 11.6 Å². The molecule has 122 valence electrons. The molecule has 0 bridgehead atoms. The molecule has 1 aromatic heterocycles. The summed E-state index contributed by atoms with van der Waals surface area (Å²) < 4.78 is 0. The fourth-order valence-corrected chi connectivity index (χ4v) is 3.01. The second kappa shape index (κ2) is 7.51. The van der Waals surface area contributed by atoms with E-state index in [-0.39, 0.29) is 0 Å². The first-order chi connectivity index (χ1) is 11.2. The lowest BCUT2D eigenvalue weighted by molar-refractivity contribution is 0.462. The Kier molecular flexibility index (Phi) is 5.18. The van der Waals surface area contributed by atoms with Gasteiger partial charge in [-0.05, 0) is 30.5 Å². The van der Waals surface area contributed by atoms with Crippen molar-refractivity contribution in [3.63, 3.8) is 0 Å². The minimum atomic E-state index is 0.463. The molecule has 2 aromatic rings. The van der Waals surface area contributed by atoms with Crippen molar-refractivity contribution in [1.82, 2.24) is 9.97 Å². The van der Waals surface area contributed by atoms with Crippen molar-refractivity contribution in [3.8, 4) is 0 Å². The molecule has 5 nitrogen and oxygen atoms in total. The third-order valence-electron chi connectivity index (χ3n) is 4.20. The largest absolute Gasteiger partial charge is 0.393 e. The van der Waals surface area contributed by atoms with Crippen LogP contribution < -0.4 is 16.4 Å². The van der Waals surface area contributed by atoms with E-state index in [1.54, 1.807) is 6.33 Å². The van der Waals surface area contributed by atoms with Gasteiger partial charge in [-0.15, -0.1) is 0 Å². The van der Waals surface area contributed by atoms with Crippen molar-refractivity contribution < 1.29 is 0 Å². The third-order valence-corrected chi connectivity index (χ3v) is 4.46. The van der Waals surface area contributed by atoms with Gasteiger partial charge in [0.05, 0.1) is 0 Å². The van der Waals surface area contributed by atoms with E-state index in [0.717, 1.165) is 16.4 Å². The maximum atomic E-state index is 6.22. The number of nitrogens with one attached hydrogen (secondary N) is 2. The molecule has 0 saturated heterocycles. The summed E-state index contributed by atoms with van der Waals surface area (Å²) >= 11 is 5.90. The number of hydrogen-bond donors (Lipinski definition) is 3. The van der Waals surface area contributed by atoms with Crippen LogP contribution in [0.15, 0.2) is 30.6 Å². The Morgan fingerprint density at radius 3 is 2.48 bits per heavy atom. The Hall–Kier alpha value is -2.01. The fraction of sp³-hybridized carbons (Fsp3) is 0.412. The molecule has 0 aliphatic heterocycles. The molecule has 0 radical (unpaired) electrons. The predicted molar refractivity (Wildman–Crippen MR) is 95.7 cm³/mol. The molecular formula is C17H22ClN5. The first-order valence-corrected chi connectivity index (χ1v) is 8.45. The molecule has 1 aliphatic carbocycles. The molecule has 4 N–H and O–H groups in total.